The van der Waals surface area contributed by atoms with Crippen LogP contribution >= 0.6 is 23.2 Å². The minimum absolute atomic E-state index is 0.0187. The Bertz CT molecular complexity index is 383. The van der Waals surface area contributed by atoms with Crippen LogP contribution in [0.15, 0.2) is 6.07 Å². The lowest BCUT2D eigenvalue weighted by Gasteiger charge is -2.17. The highest BCUT2D eigenvalue weighted by Gasteiger charge is 2.17. The number of halogens is 2. The maximum absolute atomic E-state index is 11.5. The average molecular weight is 263 g/mol. The summed E-state index contributed by atoms with van der Waals surface area (Å²) in [5, 5.41) is 2.69. The largest absolute Gasteiger partial charge is 0.325 e. The molecule has 0 spiro atoms. The third-order valence-corrected chi connectivity index (χ3v) is 1.91. The van der Waals surface area contributed by atoms with Crippen molar-refractivity contribution in [3.8, 4) is 0 Å². The van der Waals surface area contributed by atoms with Crippen molar-refractivity contribution in [2.24, 2.45) is 5.73 Å². The number of nitrogens with one attached hydrogen (secondary N) is 1. The van der Waals surface area contributed by atoms with E-state index in [0.29, 0.717) is 0 Å². The summed E-state index contributed by atoms with van der Waals surface area (Å²) < 4.78 is 0. The SMILES string of the molecule is CC(C)(N)CC(=O)Nc1cc(Cl)nc(Cl)n1. The van der Waals surface area contributed by atoms with Crippen molar-refractivity contribution >= 4 is 34.9 Å². The van der Waals surface area contributed by atoms with Crippen LogP contribution in [0.4, 0.5) is 5.82 Å². The van der Waals surface area contributed by atoms with Crippen LogP contribution in [0, 0.1) is 0 Å². The van der Waals surface area contributed by atoms with Crippen LogP contribution in [-0.4, -0.2) is 21.4 Å². The first-order valence-electron chi connectivity index (χ1n) is 4.55. The van der Waals surface area contributed by atoms with E-state index in [2.05, 4.69) is 15.3 Å². The van der Waals surface area contributed by atoms with Gasteiger partial charge in [-0.3, -0.25) is 4.79 Å². The van der Waals surface area contributed by atoms with Gasteiger partial charge in [-0.2, -0.15) is 0 Å². The number of anilines is 1. The predicted octanol–water partition coefficient (Wildman–Crippen LogP) is 1.85. The van der Waals surface area contributed by atoms with Crippen LogP contribution in [0.3, 0.4) is 0 Å². The first-order chi connectivity index (χ1) is 7.26. The second-order valence-corrected chi connectivity index (χ2v) is 4.78. The van der Waals surface area contributed by atoms with Crippen LogP contribution in [0.1, 0.15) is 20.3 Å². The number of carbonyl (C=O) groups excluding carboxylic acids is 1. The fourth-order valence-electron chi connectivity index (χ4n) is 1.05. The van der Waals surface area contributed by atoms with Gasteiger partial charge in [-0.15, -0.1) is 0 Å². The number of carbonyl (C=O) groups is 1. The molecule has 1 heterocycles. The van der Waals surface area contributed by atoms with Crippen LogP contribution in [0.5, 0.6) is 0 Å². The van der Waals surface area contributed by atoms with Gasteiger partial charge in [0.1, 0.15) is 11.0 Å². The van der Waals surface area contributed by atoms with Crippen molar-refractivity contribution in [1.29, 1.82) is 0 Å². The summed E-state index contributed by atoms with van der Waals surface area (Å²) in [6, 6.07) is 1.41. The van der Waals surface area contributed by atoms with Gasteiger partial charge in [0.25, 0.3) is 0 Å². The summed E-state index contributed by atoms with van der Waals surface area (Å²) in [6.45, 7) is 3.51. The third-order valence-electron chi connectivity index (χ3n) is 1.55. The van der Waals surface area contributed by atoms with E-state index in [0.717, 1.165) is 0 Å². The Hall–Kier alpha value is -0.910. The first kappa shape index (κ1) is 13.2. The molecule has 0 aliphatic carbocycles. The average Bonchev–Trinajstić information content (AvgIpc) is 1.96. The molecule has 16 heavy (non-hydrogen) atoms. The second kappa shape index (κ2) is 4.95. The maximum atomic E-state index is 11.5. The Labute approximate surface area is 103 Å². The fourth-order valence-corrected chi connectivity index (χ4v) is 1.46. The zero-order valence-corrected chi connectivity index (χ0v) is 10.4. The Kier molecular flexibility index (Phi) is 4.07. The fraction of sp³-hybridized carbons (Fsp3) is 0.444. The van der Waals surface area contributed by atoms with Crippen molar-refractivity contribution in [1.82, 2.24) is 9.97 Å². The lowest BCUT2D eigenvalue weighted by atomic mass is 10.0. The van der Waals surface area contributed by atoms with Gasteiger partial charge in [0, 0.05) is 18.0 Å². The van der Waals surface area contributed by atoms with Crippen molar-refractivity contribution in [2.75, 3.05) is 5.32 Å². The van der Waals surface area contributed by atoms with Crippen LogP contribution < -0.4 is 11.1 Å². The molecule has 0 fully saturated rings. The quantitative estimate of drug-likeness (QED) is 0.644. The Morgan fingerprint density at radius 1 is 1.50 bits per heavy atom. The van der Waals surface area contributed by atoms with Crippen molar-refractivity contribution < 1.29 is 4.79 Å². The van der Waals surface area contributed by atoms with E-state index in [4.69, 9.17) is 28.9 Å². The number of aromatic nitrogens is 2. The summed E-state index contributed by atoms with van der Waals surface area (Å²) in [5.74, 6) is 0.0117. The summed E-state index contributed by atoms with van der Waals surface area (Å²) in [4.78, 5) is 19.0. The molecule has 0 bridgehead atoms. The van der Waals surface area contributed by atoms with Crippen molar-refractivity contribution in [2.45, 2.75) is 25.8 Å². The molecule has 0 saturated carbocycles. The molecular formula is C9H12Cl2N4O. The van der Waals surface area contributed by atoms with Crippen LogP contribution in [0.2, 0.25) is 10.4 Å². The van der Waals surface area contributed by atoms with Gasteiger partial charge >= 0.3 is 0 Å². The minimum atomic E-state index is -0.579. The second-order valence-electron chi connectivity index (χ2n) is 4.06. The van der Waals surface area contributed by atoms with Crippen molar-refractivity contribution in [3.05, 3.63) is 16.5 Å². The molecule has 1 aromatic heterocycles. The first-order valence-corrected chi connectivity index (χ1v) is 5.31. The molecular weight excluding hydrogens is 251 g/mol. The molecule has 7 heteroatoms. The van der Waals surface area contributed by atoms with E-state index in [1.54, 1.807) is 13.8 Å². The number of hydrogen-bond acceptors (Lipinski definition) is 4. The van der Waals surface area contributed by atoms with E-state index < -0.39 is 5.54 Å². The van der Waals surface area contributed by atoms with E-state index in [9.17, 15) is 4.79 Å². The normalized spacial score (nSPS) is 11.3. The highest BCUT2D eigenvalue weighted by atomic mass is 35.5. The molecule has 1 amide bonds. The molecule has 0 unspecified atom stereocenters. The maximum Gasteiger partial charge on any atom is 0.227 e. The van der Waals surface area contributed by atoms with Gasteiger partial charge in [0.2, 0.25) is 11.2 Å². The van der Waals surface area contributed by atoms with E-state index in [1.807, 2.05) is 0 Å². The highest BCUT2D eigenvalue weighted by molar-refractivity contribution is 6.32. The van der Waals surface area contributed by atoms with Gasteiger partial charge in [-0.1, -0.05) is 11.6 Å². The molecule has 88 valence electrons. The predicted molar refractivity (Wildman–Crippen MR) is 63.6 cm³/mol. The molecule has 1 aromatic rings. The third kappa shape index (κ3) is 4.74. The monoisotopic (exact) mass is 262 g/mol. The summed E-state index contributed by atoms with van der Waals surface area (Å²) >= 11 is 11.2. The number of amides is 1. The molecule has 0 atom stereocenters. The molecule has 0 radical (unpaired) electrons. The van der Waals surface area contributed by atoms with Crippen molar-refractivity contribution in [3.63, 3.8) is 0 Å². The molecule has 0 saturated heterocycles. The van der Waals surface area contributed by atoms with E-state index >= 15 is 0 Å². The Balaban J connectivity index is 2.70. The van der Waals surface area contributed by atoms with Gasteiger partial charge in [0.05, 0.1) is 0 Å². The van der Waals surface area contributed by atoms with Gasteiger partial charge in [-0.25, -0.2) is 9.97 Å². The zero-order valence-electron chi connectivity index (χ0n) is 8.92. The molecule has 3 N–H and O–H groups in total. The number of hydrogen-bond donors (Lipinski definition) is 2. The van der Waals surface area contributed by atoms with Gasteiger partial charge in [-0.05, 0) is 25.4 Å². The molecule has 0 aliphatic heterocycles. The highest BCUT2D eigenvalue weighted by Crippen LogP contribution is 2.15. The van der Waals surface area contributed by atoms with Crippen LogP contribution in [0.25, 0.3) is 0 Å². The standard InChI is InChI=1S/C9H12Cl2N4O/c1-9(2,12)4-7(16)14-6-3-5(10)13-8(11)15-6/h3H,4,12H2,1-2H3,(H,13,14,15,16). The number of rotatable bonds is 3. The number of nitrogens with two attached hydrogens (primary N) is 1. The molecule has 0 aromatic carbocycles. The van der Waals surface area contributed by atoms with E-state index in [1.165, 1.54) is 6.07 Å². The summed E-state index contributed by atoms with van der Waals surface area (Å²) in [5.41, 5.74) is 5.13. The summed E-state index contributed by atoms with van der Waals surface area (Å²) in [7, 11) is 0. The molecule has 5 nitrogen and oxygen atoms in total. The Morgan fingerprint density at radius 2 is 2.12 bits per heavy atom. The summed E-state index contributed by atoms with van der Waals surface area (Å²) in [6.07, 6.45) is 0.173. The zero-order chi connectivity index (χ0) is 12.3. The molecule has 0 aliphatic rings. The van der Waals surface area contributed by atoms with Gasteiger partial charge in [0.15, 0.2) is 0 Å². The molecule has 1 rings (SSSR count). The topological polar surface area (TPSA) is 80.9 Å². The lowest BCUT2D eigenvalue weighted by Crippen LogP contribution is -2.36. The lowest BCUT2D eigenvalue weighted by molar-refractivity contribution is -0.117. The van der Waals surface area contributed by atoms with E-state index in [-0.39, 0.29) is 28.6 Å². The van der Waals surface area contributed by atoms with Gasteiger partial charge < -0.3 is 11.1 Å². The number of nitrogens with zero attached hydrogens (tertiary/aromatic N) is 2. The minimum Gasteiger partial charge on any atom is -0.325 e. The van der Waals surface area contributed by atoms with Crippen LogP contribution in [-0.2, 0) is 4.79 Å². The Morgan fingerprint density at radius 3 is 2.62 bits per heavy atom. The smallest absolute Gasteiger partial charge is 0.227 e.